The average Bonchev–Trinajstić information content (AvgIpc) is 2.53. The first kappa shape index (κ1) is 18.9. The summed E-state index contributed by atoms with van der Waals surface area (Å²) in [5, 5.41) is 10.2. The number of hydrogen-bond acceptors (Lipinski definition) is 3. The van der Waals surface area contributed by atoms with E-state index in [1.54, 1.807) is 18.2 Å². The van der Waals surface area contributed by atoms with E-state index in [0.29, 0.717) is 51.0 Å². The number of pyridine rings is 1. The molecule has 0 saturated heterocycles. The minimum Gasteiger partial charge on any atom is -0.382 e. The summed E-state index contributed by atoms with van der Waals surface area (Å²) in [5.41, 5.74) is 1.20. The lowest BCUT2D eigenvalue weighted by Crippen LogP contribution is -2.30. The fourth-order valence-electron chi connectivity index (χ4n) is 1.83. The fraction of sp³-hybridized carbons (Fsp3) is 0.200. The summed E-state index contributed by atoms with van der Waals surface area (Å²) >= 11 is 23.7. The van der Waals surface area contributed by atoms with E-state index in [4.69, 9.17) is 46.4 Å². The maximum Gasteiger partial charge on any atom is 0.319 e. The van der Waals surface area contributed by atoms with Gasteiger partial charge in [0.05, 0.1) is 25.8 Å². The molecule has 1 aromatic heterocycles. The highest BCUT2D eigenvalue weighted by Gasteiger charge is 2.06. The first-order valence-electron chi connectivity index (χ1n) is 7.00. The number of anilines is 2. The van der Waals surface area contributed by atoms with Gasteiger partial charge in [0.25, 0.3) is 0 Å². The van der Waals surface area contributed by atoms with Crippen LogP contribution in [0.25, 0.3) is 0 Å². The van der Waals surface area contributed by atoms with Gasteiger partial charge in [-0.15, -0.1) is 0 Å². The molecule has 128 valence electrons. The Balaban J connectivity index is 1.70. The van der Waals surface area contributed by atoms with Crippen molar-refractivity contribution >= 4 is 63.8 Å². The molecular weight excluding hydrogens is 394 g/mol. The van der Waals surface area contributed by atoms with Crippen LogP contribution in [0, 0.1) is 0 Å². The topological polar surface area (TPSA) is 66.0 Å². The molecule has 2 amide bonds. The monoisotopic (exact) mass is 406 g/mol. The van der Waals surface area contributed by atoms with Gasteiger partial charge < -0.3 is 16.0 Å². The summed E-state index contributed by atoms with van der Waals surface area (Å²) in [4.78, 5) is 15.7. The van der Waals surface area contributed by atoms with E-state index in [0.717, 1.165) is 0 Å². The maximum atomic E-state index is 11.8. The van der Waals surface area contributed by atoms with Gasteiger partial charge in [-0.2, -0.15) is 0 Å². The molecule has 0 radical (unpaired) electrons. The van der Waals surface area contributed by atoms with Gasteiger partial charge in [-0.05, 0) is 24.6 Å². The molecular formula is C15H14Cl4N4O. The highest BCUT2D eigenvalue weighted by molar-refractivity contribution is 6.42. The van der Waals surface area contributed by atoms with E-state index in [1.165, 1.54) is 12.4 Å². The number of nitrogens with zero attached hydrogens (tertiary/aromatic N) is 1. The Morgan fingerprint density at radius 1 is 0.958 bits per heavy atom. The quantitative estimate of drug-likeness (QED) is 0.567. The Morgan fingerprint density at radius 3 is 2.33 bits per heavy atom. The summed E-state index contributed by atoms with van der Waals surface area (Å²) in [6.07, 6.45) is 3.71. The van der Waals surface area contributed by atoms with Crippen molar-refractivity contribution in [3.63, 3.8) is 0 Å². The molecule has 0 saturated carbocycles. The SMILES string of the molecule is O=C(NCCCNc1c(Cl)cncc1Cl)Nc1ccc(Cl)c(Cl)c1. The summed E-state index contributed by atoms with van der Waals surface area (Å²) < 4.78 is 0. The predicted molar refractivity (Wildman–Crippen MR) is 101 cm³/mol. The van der Waals surface area contributed by atoms with E-state index in [1.807, 2.05) is 0 Å². The van der Waals surface area contributed by atoms with Gasteiger partial charge in [0.2, 0.25) is 0 Å². The lowest BCUT2D eigenvalue weighted by molar-refractivity contribution is 0.252. The molecule has 1 aromatic carbocycles. The van der Waals surface area contributed by atoms with Crippen LogP contribution in [0.4, 0.5) is 16.2 Å². The smallest absolute Gasteiger partial charge is 0.319 e. The van der Waals surface area contributed by atoms with Crippen LogP contribution in [0.1, 0.15) is 6.42 Å². The largest absolute Gasteiger partial charge is 0.382 e. The molecule has 0 aliphatic heterocycles. The van der Waals surface area contributed by atoms with Crippen LogP contribution in [-0.4, -0.2) is 24.1 Å². The molecule has 0 aliphatic carbocycles. The zero-order valence-electron chi connectivity index (χ0n) is 12.4. The number of hydrogen-bond donors (Lipinski definition) is 3. The second kappa shape index (κ2) is 9.18. The number of urea groups is 1. The van der Waals surface area contributed by atoms with Crippen molar-refractivity contribution in [2.24, 2.45) is 0 Å². The number of aromatic nitrogens is 1. The predicted octanol–water partition coefficient (Wildman–Crippen LogP) is 5.32. The number of amides is 2. The van der Waals surface area contributed by atoms with Crippen molar-refractivity contribution in [1.29, 1.82) is 0 Å². The van der Waals surface area contributed by atoms with E-state index in [2.05, 4.69) is 20.9 Å². The summed E-state index contributed by atoms with van der Waals surface area (Å²) in [5.74, 6) is 0. The highest BCUT2D eigenvalue weighted by atomic mass is 35.5. The molecule has 0 spiro atoms. The zero-order valence-corrected chi connectivity index (χ0v) is 15.4. The van der Waals surface area contributed by atoms with Crippen molar-refractivity contribution in [2.45, 2.75) is 6.42 Å². The number of carbonyl (C=O) groups excluding carboxylic acids is 1. The second-order valence-corrected chi connectivity index (χ2v) is 6.40. The molecule has 9 heteroatoms. The lowest BCUT2D eigenvalue weighted by atomic mass is 10.3. The second-order valence-electron chi connectivity index (χ2n) is 4.77. The number of nitrogens with one attached hydrogen (secondary N) is 3. The van der Waals surface area contributed by atoms with E-state index in [-0.39, 0.29) is 6.03 Å². The number of rotatable bonds is 6. The van der Waals surface area contributed by atoms with Gasteiger partial charge in [-0.25, -0.2) is 4.79 Å². The maximum absolute atomic E-state index is 11.8. The molecule has 5 nitrogen and oxygen atoms in total. The zero-order chi connectivity index (χ0) is 17.5. The van der Waals surface area contributed by atoms with Gasteiger partial charge in [-0.3, -0.25) is 4.98 Å². The van der Waals surface area contributed by atoms with Crippen molar-refractivity contribution in [3.8, 4) is 0 Å². The molecule has 2 rings (SSSR count). The van der Waals surface area contributed by atoms with Crippen LogP contribution < -0.4 is 16.0 Å². The summed E-state index contributed by atoms with van der Waals surface area (Å²) in [7, 11) is 0. The third-order valence-electron chi connectivity index (χ3n) is 2.97. The fourth-order valence-corrected chi connectivity index (χ4v) is 2.63. The van der Waals surface area contributed by atoms with E-state index < -0.39 is 0 Å². The third-order valence-corrected chi connectivity index (χ3v) is 4.28. The molecule has 0 atom stereocenters. The first-order valence-corrected chi connectivity index (χ1v) is 8.51. The van der Waals surface area contributed by atoms with Gasteiger partial charge >= 0.3 is 6.03 Å². The summed E-state index contributed by atoms with van der Waals surface area (Å²) in [6, 6.07) is 4.54. The normalized spacial score (nSPS) is 10.3. The third kappa shape index (κ3) is 5.60. The van der Waals surface area contributed by atoms with Crippen LogP contribution in [0.3, 0.4) is 0 Å². The minimum absolute atomic E-state index is 0.326. The molecule has 0 bridgehead atoms. The average molecular weight is 408 g/mol. The van der Waals surface area contributed by atoms with Crippen LogP contribution in [0.15, 0.2) is 30.6 Å². The molecule has 24 heavy (non-hydrogen) atoms. The molecule has 1 heterocycles. The highest BCUT2D eigenvalue weighted by Crippen LogP contribution is 2.28. The molecule has 2 aromatic rings. The number of benzene rings is 1. The van der Waals surface area contributed by atoms with E-state index >= 15 is 0 Å². The van der Waals surface area contributed by atoms with Crippen molar-refractivity contribution in [3.05, 3.63) is 50.7 Å². The number of halogens is 4. The molecule has 3 N–H and O–H groups in total. The van der Waals surface area contributed by atoms with Crippen LogP contribution in [-0.2, 0) is 0 Å². The Labute approximate surface area is 159 Å². The molecule has 0 fully saturated rings. The Bertz CT molecular complexity index is 706. The van der Waals surface area contributed by atoms with Crippen LogP contribution in [0.2, 0.25) is 20.1 Å². The van der Waals surface area contributed by atoms with Crippen molar-refractivity contribution in [2.75, 3.05) is 23.7 Å². The van der Waals surface area contributed by atoms with Gasteiger partial charge in [0, 0.05) is 31.2 Å². The van der Waals surface area contributed by atoms with E-state index in [9.17, 15) is 4.79 Å². The Kier molecular flexibility index (Phi) is 7.24. The van der Waals surface area contributed by atoms with Crippen LogP contribution in [0.5, 0.6) is 0 Å². The number of carbonyl (C=O) groups is 1. The lowest BCUT2D eigenvalue weighted by Gasteiger charge is -2.11. The van der Waals surface area contributed by atoms with Gasteiger partial charge in [0.1, 0.15) is 0 Å². The van der Waals surface area contributed by atoms with Gasteiger partial charge in [0.15, 0.2) is 0 Å². The molecule has 0 aliphatic rings. The van der Waals surface area contributed by atoms with Crippen LogP contribution >= 0.6 is 46.4 Å². The van der Waals surface area contributed by atoms with Crippen molar-refractivity contribution in [1.82, 2.24) is 10.3 Å². The van der Waals surface area contributed by atoms with Crippen molar-refractivity contribution < 1.29 is 4.79 Å². The molecule has 0 unspecified atom stereocenters. The standard InChI is InChI=1S/C15H14Cl4N4O/c16-10-3-2-9(6-11(10)17)23-15(24)22-5-1-4-21-14-12(18)7-20-8-13(14)19/h2-3,6-8H,1,4-5H2,(H,20,21)(H2,22,23,24). The Hall–Kier alpha value is -1.40. The first-order chi connectivity index (χ1) is 11.5. The minimum atomic E-state index is -0.326. The van der Waals surface area contributed by atoms with Gasteiger partial charge in [-0.1, -0.05) is 46.4 Å². The summed E-state index contributed by atoms with van der Waals surface area (Å²) in [6.45, 7) is 1.07. The Morgan fingerprint density at radius 2 is 1.67 bits per heavy atom.